The van der Waals surface area contributed by atoms with Gasteiger partial charge in [0.2, 0.25) is 0 Å². The van der Waals surface area contributed by atoms with Crippen LogP contribution in [-0.2, 0) is 11.3 Å². The van der Waals surface area contributed by atoms with Gasteiger partial charge in [-0.3, -0.25) is 9.59 Å². The highest BCUT2D eigenvalue weighted by molar-refractivity contribution is 6.07. The average molecular weight is 363 g/mol. The van der Waals surface area contributed by atoms with Gasteiger partial charge in [-0.2, -0.15) is 5.26 Å². The number of rotatable bonds is 7. The zero-order valence-corrected chi connectivity index (χ0v) is 14.5. The molecule has 0 fully saturated rings. The molecule has 0 heterocycles. The van der Waals surface area contributed by atoms with Crippen molar-refractivity contribution in [3.63, 3.8) is 0 Å². The van der Waals surface area contributed by atoms with Crippen LogP contribution >= 0.6 is 0 Å². The fourth-order valence-corrected chi connectivity index (χ4v) is 2.20. The van der Waals surface area contributed by atoms with Crippen LogP contribution in [0.4, 0.5) is 5.69 Å². The van der Waals surface area contributed by atoms with Crippen molar-refractivity contribution in [2.75, 3.05) is 5.32 Å². The van der Waals surface area contributed by atoms with Crippen molar-refractivity contribution >= 4 is 23.3 Å². The van der Waals surface area contributed by atoms with E-state index in [9.17, 15) is 19.6 Å². The predicted octanol–water partition coefficient (Wildman–Crippen LogP) is 2.72. The SMILES string of the molecule is CC(=O)c1cccc(NC(=O)/C(C#N)=C\NCc2ccc(C(=O)O)cc2)c1. The van der Waals surface area contributed by atoms with Crippen molar-refractivity contribution in [1.82, 2.24) is 5.32 Å². The van der Waals surface area contributed by atoms with Crippen molar-refractivity contribution in [1.29, 1.82) is 5.26 Å². The quantitative estimate of drug-likeness (QED) is 0.395. The summed E-state index contributed by atoms with van der Waals surface area (Å²) < 4.78 is 0. The first-order chi connectivity index (χ1) is 12.9. The lowest BCUT2D eigenvalue weighted by Crippen LogP contribution is -2.17. The van der Waals surface area contributed by atoms with Crippen molar-refractivity contribution < 1.29 is 19.5 Å². The minimum absolute atomic E-state index is 0.127. The molecule has 7 heteroatoms. The monoisotopic (exact) mass is 363 g/mol. The predicted molar refractivity (Wildman–Crippen MR) is 99.0 cm³/mol. The molecular formula is C20H17N3O4. The van der Waals surface area contributed by atoms with Gasteiger partial charge in [-0.1, -0.05) is 24.3 Å². The second-order valence-electron chi connectivity index (χ2n) is 5.64. The molecule has 2 aromatic carbocycles. The van der Waals surface area contributed by atoms with Gasteiger partial charge in [0.25, 0.3) is 5.91 Å². The molecule has 2 rings (SSSR count). The van der Waals surface area contributed by atoms with Crippen LogP contribution in [-0.4, -0.2) is 22.8 Å². The maximum atomic E-state index is 12.2. The summed E-state index contributed by atoms with van der Waals surface area (Å²) in [6.07, 6.45) is 1.29. The molecule has 0 radical (unpaired) electrons. The van der Waals surface area contributed by atoms with E-state index in [0.717, 1.165) is 5.56 Å². The Morgan fingerprint density at radius 1 is 1.11 bits per heavy atom. The Labute approximate surface area is 155 Å². The first-order valence-electron chi connectivity index (χ1n) is 7.99. The number of carboxylic acids is 1. The number of aromatic carboxylic acids is 1. The third-order valence-corrected chi connectivity index (χ3v) is 3.65. The van der Waals surface area contributed by atoms with Gasteiger partial charge in [0.1, 0.15) is 11.6 Å². The number of carbonyl (C=O) groups is 3. The molecule has 0 saturated heterocycles. The third kappa shape index (κ3) is 5.54. The zero-order valence-electron chi connectivity index (χ0n) is 14.5. The Morgan fingerprint density at radius 2 is 1.81 bits per heavy atom. The number of carboxylic acid groups (broad SMARTS) is 1. The number of hydrogen-bond acceptors (Lipinski definition) is 5. The van der Waals surface area contributed by atoms with Crippen LogP contribution in [0, 0.1) is 11.3 Å². The zero-order chi connectivity index (χ0) is 19.8. The normalized spacial score (nSPS) is 10.6. The minimum Gasteiger partial charge on any atom is -0.478 e. The first-order valence-corrected chi connectivity index (χ1v) is 7.99. The van der Waals surface area contributed by atoms with Gasteiger partial charge >= 0.3 is 5.97 Å². The van der Waals surface area contributed by atoms with Gasteiger partial charge < -0.3 is 15.7 Å². The smallest absolute Gasteiger partial charge is 0.335 e. The molecule has 0 atom stereocenters. The van der Waals surface area contributed by atoms with Gasteiger partial charge in [0.15, 0.2) is 5.78 Å². The Hall–Kier alpha value is -3.92. The summed E-state index contributed by atoms with van der Waals surface area (Å²) in [7, 11) is 0. The van der Waals surface area contributed by atoms with Gasteiger partial charge in [0.05, 0.1) is 5.56 Å². The molecule has 0 aliphatic carbocycles. The third-order valence-electron chi connectivity index (χ3n) is 3.65. The van der Waals surface area contributed by atoms with E-state index in [-0.39, 0.29) is 16.9 Å². The summed E-state index contributed by atoms with van der Waals surface area (Å²) in [6.45, 7) is 1.74. The van der Waals surface area contributed by atoms with Crippen LogP contribution in [0.2, 0.25) is 0 Å². The Morgan fingerprint density at radius 3 is 2.41 bits per heavy atom. The molecular weight excluding hydrogens is 346 g/mol. The maximum Gasteiger partial charge on any atom is 0.335 e. The summed E-state index contributed by atoms with van der Waals surface area (Å²) in [6, 6.07) is 14.5. The molecule has 136 valence electrons. The molecule has 1 amide bonds. The highest BCUT2D eigenvalue weighted by Crippen LogP contribution is 2.12. The molecule has 2 aromatic rings. The van der Waals surface area contributed by atoms with E-state index < -0.39 is 11.9 Å². The lowest BCUT2D eigenvalue weighted by Gasteiger charge is -2.06. The number of carbonyl (C=O) groups excluding carboxylic acids is 2. The summed E-state index contributed by atoms with van der Waals surface area (Å²) in [4.78, 5) is 34.4. The van der Waals surface area contributed by atoms with Gasteiger partial charge in [-0.05, 0) is 36.8 Å². The van der Waals surface area contributed by atoms with Crippen LogP contribution in [0.5, 0.6) is 0 Å². The van der Waals surface area contributed by atoms with Crippen LogP contribution in [0.3, 0.4) is 0 Å². The van der Waals surface area contributed by atoms with Gasteiger partial charge in [0, 0.05) is 24.0 Å². The average Bonchev–Trinajstić information content (AvgIpc) is 2.65. The topological polar surface area (TPSA) is 119 Å². The second-order valence-corrected chi connectivity index (χ2v) is 5.64. The van der Waals surface area contributed by atoms with Crippen LogP contribution < -0.4 is 10.6 Å². The largest absolute Gasteiger partial charge is 0.478 e. The van der Waals surface area contributed by atoms with Gasteiger partial charge in [-0.25, -0.2) is 4.79 Å². The molecule has 0 unspecified atom stereocenters. The van der Waals surface area contributed by atoms with E-state index in [1.165, 1.54) is 31.3 Å². The number of nitrogens with one attached hydrogen (secondary N) is 2. The fourth-order valence-electron chi connectivity index (χ4n) is 2.20. The van der Waals surface area contributed by atoms with Crippen LogP contribution in [0.1, 0.15) is 33.2 Å². The Kier molecular flexibility index (Phi) is 6.44. The highest BCUT2D eigenvalue weighted by atomic mass is 16.4. The molecule has 0 spiro atoms. The molecule has 0 saturated carbocycles. The lowest BCUT2D eigenvalue weighted by atomic mass is 10.1. The number of nitriles is 1. The highest BCUT2D eigenvalue weighted by Gasteiger charge is 2.10. The molecule has 27 heavy (non-hydrogen) atoms. The van der Waals surface area contributed by atoms with E-state index in [1.54, 1.807) is 30.3 Å². The molecule has 7 nitrogen and oxygen atoms in total. The molecule has 3 N–H and O–H groups in total. The van der Waals surface area contributed by atoms with E-state index in [4.69, 9.17) is 5.11 Å². The number of benzene rings is 2. The molecule has 0 aliphatic heterocycles. The number of Topliss-reactive ketones (excluding diaryl/α,β-unsaturated/α-hetero) is 1. The minimum atomic E-state index is -1.01. The number of ketones is 1. The van der Waals surface area contributed by atoms with Crippen LogP contribution in [0.25, 0.3) is 0 Å². The number of hydrogen-bond donors (Lipinski definition) is 3. The Balaban J connectivity index is 1.99. The van der Waals surface area contributed by atoms with E-state index >= 15 is 0 Å². The van der Waals surface area contributed by atoms with Crippen molar-refractivity contribution in [3.05, 3.63) is 77.0 Å². The summed E-state index contributed by atoms with van der Waals surface area (Å²) in [5.74, 6) is -1.74. The van der Waals surface area contributed by atoms with E-state index in [0.29, 0.717) is 17.8 Å². The summed E-state index contributed by atoms with van der Waals surface area (Å²) >= 11 is 0. The van der Waals surface area contributed by atoms with Crippen molar-refractivity contribution in [2.24, 2.45) is 0 Å². The van der Waals surface area contributed by atoms with Crippen molar-refractivity contribution in [3.8, 4) is 6.07 Å². The number of amides is 1. The molecule has 0 aliphatic rings. The van der Waals surface area contributed by atoms with E-state index in [1.807, 2.05) is 6.07 Å². The fraction of sp³-hybridized carbons (Fsp3) is 0.100. The molecule has 0 aromatic heterocycles. The second kappa shape index (κ2) is 8.97. The van der Waals surface area contributed by atoms with Crippen molar-refractivity contribution in [2.45, 2.75) is 13.5 Å². The number of nitrogens with zero attached hydrogens (tertiary/aromatic N) is 1. The van der Waals surface area contributed by atoms with Gasteiger partial charge in [-0.15, -0.1) is 0 Å². The van der Waals surface area contributed by atoms with E-state index in [2.05, 4.69) is 10.6 Å². The molecule has 0 bridgehead atoms. The standard InChI is InChI=1S/C20H17N3O4/c1-13(24)16-3-2-4-18(9-16)23-19(25)17(10-21)12-22-11-14-5-7-15(8-6-14)20(26)27/h2-9,12,22H,11H2,1H3,(H,23,25)(H,26,27)/b17-12-. The Bertz CT molecular complexity index is 940. The lowest BCUT2D eigenvalue weighted by molar-refractivity contribution is -0.112. The summed E-state index contributed by atoms with van der Waals surface area (Å²) in [5, 5.41) is 23.5. The first kappa shape index (κ1) is 19.4. The maximum absolute atomic E-state index is 12.2. The summed E-state index contributed by atoms with van der Waals surface area (Å²) in [5.41, 5.74) is 1.71. The number of anilines is 1. The van der Waals surface area contributed by atoms with Crippen LogP contribution in [0.15, 0.2) is 60.3 Å².